The molecule has 1 fully saturated rings. The van der Waals surface area contributed by atoms with Crippen molar-refractivity contribution in [2.75, 3.05) is 5.75 Å². The monoisotopic (exact) mass is 281 g/mol. The van der Waals surface area contributed by atoms with Crippen LogP contribution in [0.25, 0.3) is 0 Å². The molecule has 0 radical (unpaired) electrons. The molecule has 102 valence electrons. The van der Waals surface area contributed by atoms with E-state index in [-0.39, 0.29) is 29.4 Å². The third-order valence-corrected chi connectivity index (χ3v) is 4.14. The first-order chi connectivity index (χ1) is 9.06. The SMILES string of the molecule is O=C(CSc1ccccc1O)NC1CC(C(=O)O)C1. The number of phenolic OH excluding ortho intramolecular Hbond substituents is 1. The number of carboxylic acids is 1. The van der Waals surface area contributed by atoms with Crippen molar-refractivity contribution in [1.29, 1.82) is 0 Å². The molecule has 1 saturated carbocycles. The quantitative estimate of drug-likeness (QED) is 0.711. The molecular formula is C13H15NO4S. The van der Waals surface area contributed by atoms with Gasteiger partial charge in [-0.15, -0.1) is 11.8 Å². The summed E-state index contributed by atoms with van der Waals surface area (Å²) in [4.78, 5) is 22.9. The second kappa shape index (κ2) is 5.97. The summed E-state index contributed by atoms with van der Waals surface area (Å²) < 4.78 is 0. The maximum atomic E-state index is 11.6. The highest BCUT2D eigenvalue weighted by atomic mass is 32.2. The summed E-state index contributed by atoms with van der Waals surface area (Å²) in [6.45, 7) is 0. The first-order valence-corrected chi connectivity index (χ1v) is 6.98. The summed E-state index contributed by atoms with van der Waals surface area (Å²) in [5.41, 5.74) is 0. The Morgan fingerprint density at radius 3 is 2.63 bits per heavy atom. The average Bonchev–Trinajstić information content (AvgIpc) is 2.31. The number of aromatic hydroxyl groups is 1. The molecule has 1 aromatic carbocycles. The van der Waals surface area contributed by atoms with Gasteiger partial charge in [0.1, 0.15) is 5.75 Å². The molecule has 3 N–H and O–H groups in total. The molecule has 0 heterocycles. The smallest absolute Gasteiger partial charge is 0.306 e. The molecule has 1 aliphatic rings. The first-order valence-electron chi connectivity index (χ1n) is 5.99. The number of hydrogen-bond acceptors (Lipinski definition) is 4. The fourth-order valence-corrected chi connectivity index (χ4v) is 2.69. The molecule has 0 aromatic heterocycles. The van der Waals surface area contributed by atoms with Crippen molar-refractivity contribution in [3.8, 4) is 5.75 Å². The molecular weight excluding hydrogens is 266 g/mol. The number of aliphatic carboxylic acids is 1. The van der Waals surface area contributed by atoms with Crippen molar-refractivity contribution in [3.05, 3.63) is 24.3 Å². The summed E-state index contributed by atoms with van der Waals surface area (Å²) in [6, 6.07) is 6.81. The van der Waals surface area contributed by atoms with E-state index in [1.807, 2.05) is 0 Å². The minimum atomic E-state index is -0.797. The average molecular weight is 281 g/mol. The summed E-state index contributed by atoms with van der Waals surface area (Å²) in [6.07, 6.45) is 1.00. The number of amides is 1. The Balaban J connectivity index is 1.72. The number of nitrogens with one attached hydrogen (secondary N) is 1. The fourth-order valence-electron chi connectivity index (χ4n) is 1.93. The van der Waals surface area contributed by atoms with Crippen LogP contribution >= 0.6 is 11.8 Å². The Labute approximate surface area is 115 Å². The molecule has 2 rings (SSSR count). The first kappa shape index (κ1) is 13.7. The molecule has 0 spiro atoms. The van der Waals surface area contributed by atoms with Crippen molar-refractivity contribution in [3.63, 3.8) is 0 Å². The number of carboxylic acid groups (broad SMARTS) is 1. The topological polar surface area (TPSA) is 86.6 Å². The number of carbonyl (C=O) groups is 2. The highest BCUT2D eigenvalue weighted by molar-refractivity contribution is 8.00. The Hall–Kier alpha value is -1.69. The van der Waals surface area contributed by atoms with Gasteiger partial charge in [-0.1, -0.05) is 12.1 Å². The van der Waals surface area contributed by atoms with Crippen LogP contribution in [0.1, 0.15) is 12.8 Å². The molecule has 0 aliphatic heterocycles. The Morgan fingerprint density at radius 1 is 1.32 bits per heavy atom. The number of carbonyl (C=O) groups excluding carboxylic acids is 1. The number of hydrogen-bond donors (Lipinski definition) is 3. The largest absolute Gasteiger partial charge is 0.507 e. The van der Waals surface area contributed by atoms with E-state index in [4.69, 9.17) is 5.11 Å². The van der Waals surface area contributed by atoms with Gasteiger partial charge in [-0.05, 0) is 25.0 Å². The van der Waals surface area contributed by atoms with Crippen LogP contribution in [0.3, 0.4) is 0 Å². The van der Waals surface area contributed by atoms with Gasteiger partial charge in [-0.25, -0.2) is 0 Å². The maximum Gasteiger partial charge on any atom is 0.306 e. The predicted molar refractivity (Wildman–Crippen MR) is 71.1 cm³/mol. The van der Waals surface area contributed by atoms with Gasteiger partial charge in [0.25, 0.3) is 0 Å². The third-order valence-electron chi connectivity index (χ3n) is 3.08. The standard InChI is InChI=1S/C13H15NO4S/c15-10-3-1-2-4-11(10)19-7-12(16)14-9-5-8(6-9)13(17)18/h1-4,8-9,15H,5-7H2,(H,14,16)(H,17,18). The van der Waals surface area contributed by atoms with Crippen LogP contribution in [0.15, 0.2) is 29.2 Å². The van der Waals surface area contributed by atoms with Crippen LogP contribution in [-0.4, -0.2) is 33.9 Å². The summed E-state index contributed by atoms with van der Waals surface area (Å²) in [5.74, 6) is -0.881. The van der Waals surface area contributed by atoms with E-state index < -0.39 is 5.97 Å². The van der Waals surface area contributed by atoms with Gasteiger partial charge < -0.3 is 15.5 Å². The molecule has 0 atom stereocenters. The van der Waals surface area contributed by atoms with Gasteiger partial charge >= 0.3 is 5.97 Å². The highest BCUT2D eigenvalue weighted by Crippen LogP contribution is 2.29. The second-order valence-electron chi connectivity index (χ2n) is 4.53. The molecule has 19 heavy (non-hydrogen) atoms. The fraction of sp³-hybridized carbons (Fsp3) is 0.385. The Bertz CT molecular complexity index is 485. The van der Waals surface area contributed by atoms with Gasteiger partial charge in [0.15, 0.2) is 0 Å². The van der Waals surface area contributed by atoms with Crippen LogP contribution in [-0.2, 0) is 9.59 Å². The van der Waals surface area contributed by atoms with Gasteiger partial charge in [0.2, 0.25) is 5.91 Å². The zero-order chi connectivity index (χ0) is 13.8. The number of phenols is 1. The molecule has 1 aromatic rings. The Morgan fingerprint density at radius 2 is 2.00 bits per heavy atom. The van der Waals surface area contributed by atoms with Crippen LogP contribution in [0, 0.1) is 5.92 Å². The van der Waals surface area contributed by atoms with Gasteiger partial charge in [0.05, 0.1) is 11.7 Å². The van der Waals surface area contributed by atoms with Gasteiger partial charge in [0, 0.05) is 10.9 Å². The van der Waals surface area contributed by atoms with Crippen LogP contribution in [0.5, 0.6) is 5.75 Å². The zero-order valence-electron chi connectivity index (χ0n) is 10.2. The summed E-state index contributed by atoms with van der Waals surface area (Å²) in [7, 11) is 0. The van der Waals surface area contributed by atoms with Crippen molar-refractivity contribution in [2.45, 2.75) is 23.8 Å². The lowest BCUT2D eigenvalue weighted by Crippen LogP contribution is -2.47. The van der Waals surface area contributed by atoms with Crippen LogP contribution in [0.2, 0.25) is 0 Å². The van der Waals surface area contributed by atoms with E-state index in [9.17, 15) is 14.7 Å². The molecule has 0 unspecified atom stereocenters. The molecule has 1 amide bonds. The normalized spacial score (nSPS) is 21.5. The second-order valence-corrected chi connectivity index (χ2v) is 5.54. The third kappa shape index (κ3) is 3.64. The Kier molecular flexibility index (Phi) is 4.31. The van der Waals surface area contributed by atoms with Crippen molar-refractivity contribution >= 4 is 23.6 Å². The molecule has 5 nitrogen and oxygen atoms in total. The van der Waals surface area contributed by atoms with E-state index in [0.717, 1.165) is 0 Å². The number of benzene rings is 1. The lowest BCUT2D eigenvalue weighted by Gasteiger charge is -2.32. The van der Waals surface area contributed by atoms with E-state index in [1.54, 1.807) is 24.3 Å². The minimum absolute atomic E-state index is 0.0291. The van der Waals surface area contributed by atoms with Gasteiger partial charge in [-0.2, -0.15) is 0 Å². The van der Waals surface area contributed by atoms with Crippen molar-refractivity contribution in [1.82, 2.24) is 5.32 Å². The number of para-hydroxylation sites is 1. The predicted octanol–water partition coefficient (Wildman–Crippen LogP) is 1.46. The van der Waals surface area contributed by atoms with E-state index in [1.165, 1.54) is 11.8 Å². The summed E-state index contributed by atoms with van der Waals surface area (Å²) in [5, 5.41) is 21.0. The zero-order valence-corrected chi connectivity index (χ0v) is 11.0. The molecule has 1 aliphatic carbocycles. The van der Waals surface area contributed by atoms with E-state index in [0.29, 0.717) is 17.7 Å². The lowest BCUT2D eigenvalue weighted by molar-refractivity contribution is -0.146. The molecule has 0 saturated heterocycles. The van der Waals surface area contributed by atoms with E-state index >= 15 is 0 Å². The van der Waals surface area contributed by atoms with Crippen LogP contribution < -0.4 is 5.32 Å². The maximum absolute atomic E-state index is 11.6. The van der Waals surface area contributed by atoms with Gasteiger partial charge in [-0.3, -0.25) is 9.59 Å². The number of rotatable bonds is 5. The van der Waals surface area contributed by atoms with Crippen molar-refractivity contribution < 1.29 is 19.8 Å². The molecule has 0 bridgehead atoms. The number of thioether (sulfide) groups is 1. The van der Waals surface area contributed by atoms with E-state index in [2.05, 4.69) is 5.32 Å². The minimum Gasteiger partial charge on any atom is -0.507 e. The molecule has 6 heteroatoms. The highest BCUT2D eigenvalue weighted by Gasteiger charge is 2.35. The lowest BCUT2D eigenvalue weighted by atomic mass is 9.80. The van der Waals surface area contributed by atoms with Crippen LogP contribution in [0.4, 0.5) is 0 Å². The summed E-state index contributed by atoms with van der Waals surface area (Å²) >= 11 is 1.26. The van der Waals surface area contributed by atoms with Crippen molar-refractivity contribution in [2.24, 2.45) is 5.92 Å².